The van der Waals surface area contributed by atoms with Crippen molar-refractivity contribution in [1.82, 2.24) is 10.3 Å². The molecule has 6 nitrogen and oxygen atoms in total. The number of anilines is 1. The Morgan fingerprint density at radius 3 is 2.52 bits per heavy atom. The molecule has 1 fully saturated rings. The van der Waals surface area contributed by atoms with Gasteiger partial charge in [0, 0.05) is 11.3 Å². The Morgan fingerprint density at radius 1 is 1.29 bits per heavy atom. The number of pyridine rings is 1. The third-order valence-electron chi connectivity index (χ3n) is 3.58. The first-order chi connectivity index (χ1) is 10.1. The Morgan fingerprint density at radius 2 is 2.00 bits per heavy atom. The lowest BCUT2D eigenvalue weighted by Crippen LogP contribution is -2.40. The zero-order valence-corrected chi connectivity index (χ0v) is 12.7. The predicted molar refractivity (Wildman–Crippen MR) is 82.9 cm³/mol. The third-order valence-corrected chi connectivity index (χ3v) is 4.72. The molecule has 0 atom stereocenters. The molecular weight excluding hydrogens is 290 g/mol. The lowest BCUT2D eigenvalue weighted by atomic mass is 9.95. The second-order valence-electron chi connectivity index (χ2n) is 5.05. The van der Waals surface area contributed by atoms with Gasteiger partial charge < -0.3 is 15.7 Å². The van der Waals surface area contributed by atoms with Crippen molar-refractivity contribution in [2.75, 3.05) is 11.6 Å². The fourth-order valence-electron chi connectivity index (χ4n) is 2.39. The number of carboxylic acid groups (broad SMARTS) is 1. The molecule has 1 heterocycles. The van der Waals surface area contributed by atoms with E-state index in [9.17, 15) is 9.59 Å². The van der Waals surface area contributed by atoms with E-state index in [-0.39, 0.29) is 17.8 Å². The van der Waals surface area contributed by atoms with Crippen LogP contribution in [0.2, 0.25) is 0 Å². The fourth-order valence-corrected chi connectivity index (χ4v) is 3.13. The van der Waals surface area contributed by atoms with Crippen molar-refractivity contribution >= 4 is 29.4 Å². The van der Waals surface area contributed by atoms with Crippen LogP contribution in [0.15, 0.2) is 18.3 Å². The normalized spacial score (nSPS) is 21.6. The van der Waals surface area contributed by atoms with Crippen molar-refractivity contribution in [1.29, 1.82) is 0 Å². The molecule has 1 aliphatic rings. The second kappa shape index (κ2) is 7.31. The van der Waals surface area contributed by atoms with Gasteiger partial charge in [-0.25, -0.2) is 14.6 Å². The van der Waals surface area contributed by atoms with E-state index < -0.39 is 5.97 Å². The molecule has 2 amide bonds. The lowest BCUT2D eigenvalue weighted by Gasteiger charge is -2.28. The number of carboxylic acids is 1. The number of thioether (sulfide) groups is 1. The highest BCUT2D eigenvalue weighted by atomic mass is 32.2. The molecule has 1 aromatic rings. The third kappa shape index (κ3) is 4.63. The minimum absolute atomic E-state index is 0.0450. The van der Waals surface area contributed by atoms with Crippen LogP contribution in [0.25, 0.3) is 0 Å². The SMILES string of the molecule is CSC1CCC(NC(=O)Nc2ccc(C(=O)O)nc2)CC1. The van der Waals surface area contributed by atoms with Crippen LogP contribution in [-0.4, -0.2) is 39.6 Å². The quantitative estimate of drug-likeness (QED) is 0.795. The Balaban J connectivity index is 1.80. The molecule has 0 saturated heterocycles. The zero-order chi connectivity index (χ0) is 15.2. The number of nitrogens with one attached hydrogen (secondary N) is 2. The maximum absolute atomic E-state index is 11.9. The lowest BCUT2D eigenvalue weighted by molar-refractivity contribution is 0.0690. The topological polar surface area (TPSA) is 91.3 Å². The molecule has 1 saturated carbocycles. The minimum Gasteiger partial charge on any atom is -0.477 e. The van der Waals surface area contributed by atoms with Gasteiger partial charge in [-0.15, -0.1) is 0 Å². The highest BCUT2D eigenvalue weighted by molar-refractivity contribution is 7.99. The van der Waals surface area contributed by atoms with Gasteiger partial charge in [-0.3, -0.25) is 0 Å². The zero-order valence-electron chi connectivity index (χ0n) is 11.8. The van der Waals surface area contributed by atoms with Crippen LogP contribution in [0.1, 0.15) is 36.2 Å². The first kappa shape index (κ1) is 15.6. The van der Waals surface area contributed by atoms with Crippen LogP contribution in [-0.2, 0) is 0 Å². The molecule has 0 radical (unpaired) electrons. The van der Waals surface area contributed by atoms with Crippen molar-refractivity contribution in [3.05, 3.63) is 24.0 Å². The van der Waals surface area contributed by atoms with Crippen LogP contribution in [0.3, 0.4) is 0 Å². The first-order valence-corrected chi connectivity index (χ1v) is 8.17. The van der Waals surface area contributed by atoms with E-state index in [0.29, 0.717) is 10.9 Å². The molecule has 0 aromatic carbocycles. The molecular formula is C14H19N3O3S. The number of carbonyl (C=O) groups excluding carboxylic acids is 1. The molecule has 114 valence electrons. The molecule has 21 heavy (non-hydrogen) atoms. The van der Waals surface area contributed by atoms with Gasteiger partial charge in [0.05, 0.1) is 11.9 Å². The summed E-state index contributed by atoms with van der Waals surface area (Å²) in [7, 11) is 0. The van der Waals surface area contributed by atoms with Crippen LogP contribution in [0.4, 0.5) is 10.5 Å². The molecule has 0 spiro atoms. The largest absolute Gasteiger partial charge is 0.477 e. The number of aromatic carboxylic acids is 1. The monoisotopic (exact) mass is 309 g/mol. The van der Waals surface area contributed by atoms with E-state index in [1.807, 2.05) is 11.8 Å². The van der Waals surface area contributed by atoms with Gasteiger partial charge in [-0.1, -0.05) is 0 Å². The summed E-state index contributed by atoms with van der Waals surface area (Å²) in [4.78, 5) is 26.3. The molecule has 1 aliphatic carbocycles. The van der Waals surface area contributed by atoms with Crippen molar-refractivity contribution in [3.8, 4) is 0 Å². The van der Waals surface area contributed by atoms with E-state index >= 15 is 0 Å². The Hall–Kier alpha value is -1.76. The Kier molecular flexibility index (Phi) is 5.44. The van der Waals surface area contributed by atoms with Gasteiger partial charge in [0.1, 0.15) is 5.69 Å². The van der Waals surface area contributed by atoms with E-state index in [2.05, 4.69) is 21.9 Å². The van der Waals surface area contributed by atoms with E-state index in [4.69, 9.17) is 5.11 Å². The first-order valence-electron chi connectivity index (χ1n) is 6.88. The summed E-state index contributed by atoms with van der Waals surface area (Å²) in [6.45, 7) is 0. The number of urea groups is 1. The number of nitrogens with zero attached hydrogens (tertiary/aromatic N) is 1. The summed E-state index contributed by atoms with van der Waals surface area (Å²) in [6.07, 6.45) is 7.71. The van der Waals surface area contributed by atoms with Crippen LogP contribution < -0.4 is 10.6 Å². The van der Waals surface area contributed by atoms with Gasteiger partial charge in [-0.05, 0) is 44.1 Å². The number of aromatic nitrogens is 1. The van der Waals surface area contributed by atoms with Crippen molar-refractivity contribution in [2.45, 2.75) is 37.0 Å². The summed E-state index contributed by atoms with van der Waals surface area (Å²) in [5, 5.41) is 15.1. The summed E-state index contributed by atoms with van der Waals surface area (Å²) in [5.74, 6) is -1.09. The van der Waals surface area contributed by atoms with Crippen LogP contribution >= 0.6 is 11.8 Å². The number of rotatable bonds is 4. The highest BCUT2D eigenvalue weighted by Crippen LogP contribution is 2.26. The molecule has 0 bridgehead atoms. The van der Waals surface area contributed by atoms with Crippen LogP contribution in [0, 0.1) is 0 Å². The molecule has 2 rings (SSSR count). The predicted octanol–water partition coefficient (Wildman–Crippen LogP) is 2.58. The molecule has 7 heteroatoms. The Labute approximate surface area is 127 Å². The molecule has 0 unspecified atom stereocenters. The fraction of sp³-hybridized carbons (Fsp3) is 0.500. The number of carbonyl (C=O) groups is 2. The number of hydrogen-bond acceptors (Lipinski definition) is 4. The average Bonchev–Trinajstić information content (AvgIpc) is 2.48. The molecule has 1 aromatic heterocycles. The van der Waals surface area contributed by atoms with Gasteiger partial charge in [0.25, 0.3) is 0 Å². The number of hydrogen-bond donors (Lipinski definition) is 3. The molecule has 0 aliphatic heterocycles. The van der Waals surface area contributed by atoms with E-state index in [1.165, 1.54) is 18.3 Å². The summed E-state index contributed by atoms with van der Waals surface area (Å²) < 4.78 is 0. The van der Waals surface area contributed by atoms with Gasteiger partial charge in [0.2, 0.25) is 0 Å². The van der Waals surface area contributed by atoms with Gasteiger partial charge in [-0.2, -0.15) is 11.8 Å². The van der Waals surface area contributed by atoms with Crippen molar-refractivity contribution < 1.29 is 14.7 Å². The summed E-state index contributed by atoms with van der Waals surface area (Å²) in [5.41, 5.74) is 0.437. The van der Waals surface area contributed by atoms with Crippen LogP contribution in [0.5, 0.6) is 0 Å². The minimum atomic E-state index is -1.09. The molecule has 3 N–H and O–H groups in total. The maximum atomic E-state index is 11.9. The van der Waals surface area contributed by atoms with Gasteiger partial charge >= 0.3 is 12.0 Å². The second-order valence-corrected chi connectivity index (χ2v) is 6.18. The van der Waals surface area contributed by atoms with Crippen molar-refractivity contribution in [2.24, 2.45) is 0 Å². The summed E-state index contributed by atoms with van der Waals surface area (Å²) in [6, 6.07) is 2.83. The standard InChI is InChI=1S/C14H19N3O3S/c1-21-11-5-2-9(3-6-11)16-14(20)17-10-4-7-12(13(18)19)15-8-10/h4,7-9,11H,2-3,5-6H2,1H3,(H,18,19)(H2,16,17,20). The van der Waals surface area contributed by atoms with Gasteiger partial charge in [0.15, 0.2) is 0 Å². The van der Waals surface area contributed by atoms with E-state index in [0.717, 1.165) is 25.7 Å². The smallest absolute Gasteiger partial charge is 0.354 e. The Bertz CT molecular complexity index is 499. The van der Waals surface area contributed by atoms with Crippen molar-refractivity contribution in [3.63, 3.8) is 0 Å². The maximum Gasteiger partial charge on any atom is 0.354 e. The number of amides is 2. The van der Waals surface area contributed by atoms with E-state index in [1.54, 1.807) is 0 Å². The summed E-state index contributed by atoms with van der Waals surface area (Å²) >= 11 is 1.89. The highest BCUT2D eigenvalue weighted by Gasteiger charge is 2.21. The average molecular weight is 309 g/mol.